The average molecular weight is 240 g/mol. The summed E-state index contributed by atoms with van der Waals surface area (Å²) >= 11 is 0. The predicted octanol–water partition coefficient (Wildman–Crippen LogP) is 2.46. The van der Waals surface area contributed by atoms with Gasteiger partial charge in [-0.2, -0.15) is 0 Å². The Morgan fingerprint density at radius 3 is 2.59 bits per heavy atom. The van der Waals surface area contributed by atoms with Crippen molar-refractivity contribution >= 4 is 5.91 Å². The quantitative estimate of drug-likeness (QED) is 0.608. The van der Waals surface area contributed by atoms with Gasteiger partial charge in [-0.25, -0.2) is 0 Å². The Morgan fingerprint density at radius 1 is 1.29 bits per heavy atom. The molecule has 2 N–H and O–H groups in total. The summed E-state index contributed by atoms with van der Waals surface area (Å²) in [4.78, 5) is 11.5. The van der Waals surface area contributed by atoms with Crippen molar-refractivity contribution in [2.45, 2.75) is 65.3 Å². The maximum absolute atomic E-state index is 11.5. The van der Waals surface area contributed by atoms with Crippen LogP contribution in [0.25, 0.3) is 0 Å². The summed E-state index contributed by atoms with van der Waals surface area (Å²) < 4.78 is 0. The van der Waals surface area contributed by atoms with E-state index in [4.69, 9.17) is 0 Å². The van der Waals surface area contributed by atoms with Crippen LogP contribution < -0.4 is 10.6 Å². The van der Waals surface area contributed by atoms with E-state index in [-0.39, 0.29) is 5.91 Å². The highest BCUT2D eigenvalue weighted by atomic mass is 16.2. The van der Waals surface area contributed by atoms with Gasteiger partial charge in [0.15, 0.2) is 0 Å². The first-order valence-corrected chi connectivity index (χ1v) is 7.03. The lowest BCUT2D eigenvalue weighted by atomic mass is 9.87. The van der Waals surface area contributed by atoms with Gasteiger partial charge in [-0.15, -0.1) is 0 Å². The number of hydrogen-bond acceptors (Lipinski definition) is 2. The van der Waals surface area contributed by atoms with E-state index in [2.05, 4.69) is 31.4 Å². The lowest BCUT2D eigenvalue weighted by Crippen LogP contribution is -2.39. The highest BCUT2D eigenvalue weighted by Gasteiger charge is 2.23. The Hall–Kier alpha value is -0.570. The maximum Gasteiger partial charge on any atom is 0.234 e. The molecule has 0 spiro atoms. The van der Waals surface area contributed by atoms with Crippen LogP contribution in [0.2, 0.25) is 0 Å². The monoisotopic (exact) mass is 240 g/mol. The van der Waals surface area contributed by atoms with Crippen molar-refractivity contribution in [3.63, 3.8) is 0 Å². The molecule has 0 atom stereocenters. The van der Waals surface area contributed by atoms with Crippen LogP contribution in [0.3, 0.4) is 0 Å². The zero-order valence-corrected chi connectivity index (χ0v) is 11.6. The van der Waals surface area contributed by atoms with E-state index in [0.717, 1.165) is 19.4 Å². The van der Waals surface area contributed by atoms with Gasteiger partial charge in [0.2, 0.25) is 5.91 Å². The summed E-state index contributed by atoms with van der Waals surface area (Å²) in [5.41, 5.74) is 0.301. The molecule has 1 amide bonds. The van der Waals surface area contributed by atoms with Gasteiger partial charge in [-0.3, -0.25) is 4.79 Å². The van der Waals surface area contributed by atoms with Crippen molar-refractivity contribution < 1.29 is 4.79 Å². The molecule has 3 nitrogen and oxygen atoms in total. The third-order valence-corrected chi connectivity index (χ3v) is 3.29. The van der Waals surface area contributed by atoms with Crippen molar-refractivity contribution in [2.75, 3.05) is 13.1 Å². The summed E-state index contributed by atoms with van der Waals surface area (Å²) in [7, 11) is 0. The zero-order valence-electron chi connectivity index (χ0n) is 11.6. The van der Waals surface area contributed by atoms with E-state index < -0.39 is 0 Å². The molecule has 0 saturated heterocycles. The van der Waals surface area contributed by atoms with Gasteiger partial charge < -0.3 is 10.6 Å². The second-order valence-corrected chi connectivity index (χ2v) is 6.07. The van der Waals surface area contributed by atoms with Gasteiger partial charge in [-0.05, 0) is 24.7 Å². The molecule has 0 aromatic rings. The number of rotatable bonds is 9. The van der Waals surface area contributed by atoms with Gasteiger partial charge in [0.05, 0.1) is 6.54 Å². The van der Waals surface area contributed by atoms with E-state index >= 15 is 0 Å². The largest absolute Gasteiger partial charge is 0.352 e. The number of carbonyl (C=O) groups excluding carboxylic acids is 1. The summed E-state index contributed by atoms with van der Waals surface area (Å²) in [5.74, 6) is 0.150. The van der Waals surface area contributed by atoms with E-state index in [1.807, 2.05) is 0 Å². The van der Waals surface area contributed by atoms with Crippen LogP contribution in [0.1, 0.15) is 59.3 Å². The minimum absolute atomic E-state index is 0.150. The molecule has 0 heterocycles. The minimum Gasteiger partial charge on any atom is -0.352 e. The van der Waals surface area contributed by atoms with E-state index in [1.165, 1.54) is 25.7 Å². The van der Waals surface area contributed by atoms with Crippen molar-refractivity contribution in [1.29, 1.82) is 0 Å². The van der Waals surface area contributed by atoms with Crippen LogP contribution in [0, 0.1) is 5.41 Å². The first-order valence-electron chi connectivity index (χ1n) is 7.03. The second-order valence-electron chi connectivity index (χ2n) is 6.07. The molecule has 0 bridgehead atoms. The molecule has 1 rings (SSSR count). The van der Waals surface area contributed by atoms with Crippen LogP contribution in [-0.4, -0.2) is 25.0 Å². The van der Waals surface area contributed by atoms with Crippen LogP contribution in [-0.2, 0) is 4.79 Å². The molecule has 1 saturated carbocycles. The summed E-state index contributed by atoms with van der Waals surface area (Å²) in [5, 5.41) is 6.26. The third kappa shape index (κ3) is 7.37. The molecular weight excluding hydrogens is 212 g/mol. The summed E-state index contributed by atoms with van der Waals surface area (Å²) in [6, 6.07) is 0.474. The number of hydrogen-bond donors (Lipinski definition) is 2. The van der Waals surface area contributed by atoms with Gasteiger partial charge in [0, 0.05) is 12.6 Å². The van der Waals surface area contributed by atoms with Gasteiger partial charge in [-0.1, -0.05) is 40.0 Å². The van der Waals surface area contributed by atoms with Crippen molar-refractivity contribution in [2.24, 2.45) is 5.41 Å². The average Bonchev–Trinajstić information content (AvgIpc) is 3.01. The number of unbranched alkanes of at least 4 members (excludes halogenated alkanes) is 2. The van der Waals surface area contributed by atoms with Crippen molar-refractivity contribution in [1.82, 2.24) is 10.6 Å². The van der Waals surface area contributed by atoms with Crippen LogP contribution in [0.5, 0.6) is 0 Å². The highest BCUT2D eigenvalue weighted by Crippen LogP contribution is 2.22. The van der Waals surface area contributed by atoms with Crippen molar-refractivity contribution in [3.8, 4) is 0 Å². The molecule has 0 unspecified atom stereocenters. The van der Waals surface area contributed by atoms with E-state index in [9.17, 15) is 4.79 Å². The summed E-state index contributed by atoms with van der Waals surface area (Å²) in [6.07, 6.45) is 7.43. The third-order valence-electron chi connectivity index (χ3n) is 3.29. The van der Waals surface area contributed by atoms with Gasteiger partial charge in [0.25, 0.3) is 0 Å². The zero-order chi connectivity index (χ0) is 12.7. The molecule has 1 aliphatic rings. The molecule has 100 valence electrons. The maximum atomic E-state index is 11.5. The van der Waals surface area contributed by atoms with Crippen molar-refractivity contribution in [3.05, 3.63) is 0 Å². The summed E-state index contributed by atoms with van der Waals surface area (Å²) in [6.45, 7) is 8.17. The van der Waals surface area contributed by atoms with Gasteiger partial charge >= 0.3 is 0 Å². The number of amides is 1. The first kappa shape index (κ1) is 14.5. The molecule has 1 aliphatic carbocycles. The van der Waals surface area contributed by atoms with E-state index in [1.54, 1.807) is 0 Å². The Kier molecular flexibility index (Phi) is 5.96. The number of nitrogens with one attached hydrogen (secondary N) is 2. The smallest absolute Gasteiger partial charge is 0.234 e. The highest BCUT2D eigenvalue weighted by molar-refractivity contribution is 5.78. The Morgan fingerprint density at radius 2 is 2.00 bits per heavy atom. The molecule has 3 heteroatoms. The topological polar surface area (TPSA) is 41.1 Å². The van der Waals surface area contributed by atoms with Crippen LogP contribution >= 0.6 is 0 Å². The molecule has 17 heavy (non-hydrogen) atoms. The first-order chi connectivity index (χ1) is 8.03. The lowest BCUT2D eigenvalue weighted by Gasteiger charge is -2.24. The number of carbonyl (C=O) groups is 1. The standard InChI is InChI=1S/C14H28N2O/c1-4-5-6-9-14(2,3)11-15-10-13(17)16-12-7-8-12/h12,15H,4-11H2,1-3H3,(H,16,17). The lowest BCUT2D eigenvalue weighted by molar-refractivity contribution is -0.120. The molecular formula is C14H28N2O. The molecule has 0 radical (unpaired) electrons. The molecule has 0 aliphatic heterocycles. The second kappa shape index (κ2) is 7.00. The molecule has 0 aromatic heterocycles. The van der Waals surface area contributed by atoms with Crippen LogP contribution in [0.4, 0.5) is 0 Å². The normalized spacial score (nSPS) is 15.9. The minimum atomic E-state index is 0.150. The Bertz CT molecular complexity index is 234. The van der Waals surface area contributed by atoms with E-state index in [0.29, 0.717) is 18.0 Å². The molecule has 0 aromatic carbocycles. The molecule has 1 fully saturated rings. The predicted molar refractivity (Wildman–Crippen MR) is 72.0 cm³/mol. The Labute approximate surface area is 106 Å². The van der Waals surface area contributed by atoms with Crippen LogP contribution in [0.15, 0.2) is 0 Å². The fraction of sp³-hybridized carbons (Fsp3) is 0.929. The fourth-order valence-electron chi connectivity index (χ4n) is 1.96. The fourth-order valence-corrected chi connectivity index (χ4v) is 1.96. The SMILES string of the molecule is CCCCCC(C)(C)CNCC(=O)NC1CC1. The van der Waals surface area contributed by atoms with Gasteiger partial charge in [0.1, 0.15) is 0 Å². The Balaban J connectivity index is 2.04.